The van der Waals surface area contributed by atoms with E-state index in [1.807, 2.05) is 24.3 Å². The quantitative estimate of drug-likeness (QED) is 0.695. The third-order valence-corrected chi connectivity index (χ3v) is 3.38. The zero-order valence-electron chi connectivity index (χ0n) is 11.7. The highest BCUT2D eigenvalue weighted by Crippen LogP contribution is 2.26. The van der Waals surface area contributed by atoms with Crippen LogP contribution < -0.4 is 5.32 Å². The fourth-order valence-corrected chi connectivity index (χ4v) is 2.22. The molecule has 1 heterocycles. The van der Waals surface area contributed by atoms with Gasteiger partial charge in [-0.15, -0.1) is 0 Å². The standard InChI is InChI=1S/C14H13Cl3N2O4/c15-14(16,17)7-23-13(22)19-11(12(20)21)5-8-6-18-10-4-2-1-3-9(8)10/h1-4,6,11,18H,5,7H2,(H,19,22)(H,20,21). The van der Waals surface area contributed by atoms with Gasteiger partial charge in [0.25, 0.3) is 0 Å². The highest BCUT2D eigenvalue weighted by molar-refractivity contribution is 6.67. The lowest BCUT2D eigenvalue weighted by atomic mass is 10.1. The molecule has 0 aliphatic carbocycles. The Morgan fingerprint density at radius 3 is 2.65 bits per heavy atom. The predicted molar refractivity (Wildman–Crippen MR) is 88.2 cm³/mol. The Bertz CT molecular complexity index is 711. The van der Waals surface area contributed by atoms with Gasteiger partial charge in [0.1, 0.15) is 12.6 Å². The Morgan fingerprint density at radius 2 is 2.00 bits per heavy atom. The molecule has 1 atom stereocenters. The van der Waals surface area contributed by atoms with Crippen LogP contribution in [-0.4, -0.2) is 38.6 Å². The number of benzene rings is 1. The second kappa shape index (κ2) is 7.29. The van der Waals surface area contributed by atoms with E-state index in [2.05, 4.69) is 15.0 Å². The molecule has 1 aromatic heterocycles. The summed E-state index contributed by atoms with van der Waals surface area (Å²) in [6, 6.07) is 6.28. The van der Waals surface area contributed by atoms with Gasteiger partial charge in [-0.1, -0.05) is 53.0 Å². The second-order valence-corrected chi connectivity index (χ2v) is 7.31. The Kier molecular flexibility index (Phi) is 5.62. The Morgan fingerprint density at radius 1 is 1.30 bits per heavy atom. The van der Waals surface area contributed by atoms with Crippen LogP contribution in [0.25, 0.3) is 10.9 Å². The first-order chi connectivity index (χ1) is 10.8. The number of hydrogen-bond acceptors (Lipinski definition) is 3. The molecule has 2 aromatic rings. The average molecular weight is 380 g/mol. The SMILES string of the molecule is O=C(NC(Cc1c[nH]c2ccccc12)C(=O)O)OCC(Cl)(Cl)Cl. The molecule has 0 aliphatic rings. The smallest absolute Gasteiger partial charge is 0.408 e. The summed E-state index contributed by atoms with van der Waals surface area (Å²) in [5.74, 6) is -1.19. The number of carboxylic acids is 1. The van der Waals surface area contributed by atoms with Gasteiger partial charge in [-0.2, -0.15) is 0 Å². The van der Waals surface area contributed by atoms with Crippen LogP contribution in [0.15, 0.2) is 30.5 Å². The zero-order valence-corrected chi connectivity index (χ0v) is 14.0. The molecule has 0 aliphatic heterocycles. The molecule has 0 radical (unpaired) electrons. The number of hydrogen-bond donors (Lipinski definition) is 3. The van der Waals surface area contributed by atoms with Gasteiger partial charge in [0.15, 0.2) is 0 Å². The summed E-state index contributed by atoms with van der Waals surface area (Å²) in [6.45, 7) is -0.483. The lowest BCUT2D eigenvalue weighted by Crippen LogP contribution is -2.43. The van der Waals surface area contributed by atoms with Crippen LogP contribution in [0.3, 0.4) is 0 Å². The maximum atomic E-state index is 11.6. The highest BCUT2D eigenvalue weighted by atomic mass is 35.6. The molecular weight excluding hydrogens is 367 g/mol. The summed E-state index contributed by atoms with van der Waals surface area (Å²) in [6.07, 6.45) is 0.820. The van der Waals surface area contributed by atoms with Crippen LogP contribution in [0.2, 0.25) is 0 Å². The molecule has 0 saturated heterocycles. The summed E-state index contributed by atoms with van der Waals surface area (Å²) in [4.78, 5) is 26.0. The number of H-pyrrole nitrogens is 1. The van der Waals surface area contributed by atoms with Crippen LogP contribution in [0.1, 0.15) is 5.56 Å². The lowest BCUT2D eigenvalue weighted by Gasteiger charge is -2.16. The monoisotopic (exact) mass is 378 g/mol. The number of nitrogens with one attached hydrogen (secondary N) is 2. The molecule has 1 aromatic carbocycles. The minimum absolute atomic E-state index is 0.0855. The first-order valence-electron chi connectivity index (χ1n) is 6.54. The predicted octanol–water partition coefficient (Wildman–Crippen LogP) is 3.26. The minimum atomic E-state index is -1.76. The van der Waals surface area contributed by atoms with Crippen LogP contribution in [0, 0.1) is 0 Å². The Balaban J connectivity index is 2.04. The van der Waals surface area contributed by atoms with Crippen LogP contribution in [0.5, 0.6) is 0 Å². The maximum Gasteiger partial charge on any atom is 0.408 e. The van der Waals surface area contributed by atoms with E-state index in [9.17, 15) is 14.7 Å². The first kappa shape index (κ1) is 17.7. The van der Waals surface area contributed by atoms with Crippen molar-refractivity contribution in [1.82, 2.24) is 10.3 Å². The van der Waals surface area contributed by atoms with Crippen molar-refractivity contribution in [3.05, 3.63) is 36.0 Å². The number of halogens is 3. The fourth-order valence-electron chi connectivity index (χ4n) is 2.05. The molecule has 2 rings (SSSR count). The van der Waals surface area contributed by atoms with E-state index < -0.39 is 28.5 Å². The zero-order chi connectivity index (χ0) is 17.0. The van der Waals surface area contributed by atoms with Gasteiger partial charge in [-0.25, -0.2) is 9.59 Å². The molecule has 0 bridgehead atoms. The van der Waals surface area contributed by atoms with Gasteiger partial charge < -0.3 is 20.1 Å². The van der Waals surface area contributed by atoms with Crippen molar-refractivity contribution in [3.8, 4) is 0 Å². The molecule has 1 unspecified atom stereocenters. The van der Waals surface area contributed by atoms with Gasteiger partial charge in [0.2, 0.25) is 3.79 Å². The van der Waals surface area contributed by atoms with Crippen LogP contribution >= 0.6 is 34.8 Å². The molecule has 0 fully saturated rings. The van der Waals surface area contributed by atoms with Crippen molar-refractivity contribution in [3.63, 3.8) is 0 Å². The summed E-state index contributed by atoms with van der Waals surface area (Å²) < 4.78 is 2.92. The molecule has 9 heteroatoms. The van der Waals surface area contributed by atoms with Gasteiger partial charge in [0, 0.05) is 23.5 Å². The largest absolute Gasteiger partial charge is 0.480 e. The minimum Gasteiger partial charge on any atom is -0.480 e. The van der Waals surface area contributed by atoms with Crippen molar-refractivity contribution >= 4 is 57.8 Å². The molecule has 23 heavy (non-hydrogen) atoms. The number of aromatic amines is 1. The van der Waals surface area contributed by atoms with E-state index in [4.69, 9.17) is 34.8 Å². The summed E-state index contributed by atoms with van der Waals surface area (Å²) >= 11 is 16.4. The van der Waals surface area contributed by atoms with E-state index >= 15 is 0 Å². The molecule has 3 N–H and O–H groups in total. The number of ether oxygens (including phenoxy) is 1. The summed E-state index contributed by atoms with van der Waals surface area (Å²) in [5, 5.41) is 12.4. The second-order valence-electron chi connectivity index (χ2n) is 4.79. The number of carbonyl (C=O) groups is 2. The molecule has 124 valence electrons. The number of aliphatic carboxylic acids is 1. The number of aromatic nitrogens is 1. The van der Waals surface area contributed by atoms with E-state index in [-0.39, 0.29) is 6.42 Å². The van der Waals surface area contributed by atoms with Crippen molar-refractivity contribution in [1.29, 1.82) is 0 Å². The normalized spacial score (nSPS) is 12.8. The van der Waals surface area contributed by atoms with Gasteiger partial charge in [-0.05, 0) is 11.6 Å². The van der Waals surface area contributed by atoms with E-state index in [0.29, 0.717) is 0 Å². The van der Waals surface area contributed by atoms with Gasteiger partial charge >= 0.3 is 12.1 Å². The van der Waals surface area contributed by atoms with Crippen LogP contribution in [-0.2, 0) is 16.0 Å². The van der Waals surface area contributed by atoms with Crippen molar-refractivity contribution in [2.24, 2.45) is 0 Å². The number of alkyl halides is 3. The molecular formula is C14H13Cl3N2O4. The molecule has 0 spiro atoms. The Hall–Kier alpha value is -1.63. The Labute approximate surface area is 146 Å². The first-order valence-corrected chi connectivity index (χ1v) is 7.67. The van der Waals surface area contributed by atoms with E-state index in [1.165, 1.54) is 0 Å². The van der Waals surface area contributed by atoms with Gasteiger partial charge in [-0.3, -0.25) is 0 Å². The number of fused-ring (bicyclic) bond motifs is 1. The van der Waals surface area contributed by atoms with Crippen LogP contribution in [0.4, 0.5) is 4.79 Å². The number of carboxylic acid groups (broad SMARTS) is 1. The number of para-hydroxylation sites is 1. The summed E-state index contributed by atoms with van der Waals surface area (Å²) in [5.41, 5.74) is 1.64. The number of amides is 1. The third kappa shape index (κ3) is 5.20. The lowest BCUT2D eigenvalue weighted by molar-refractivity contribution is -0.139. The molecule has 0 saturated carbocycles. The topological polar surface area (TPSA) is 91.4 Å². The molecule has 6 nitrogen and oxygen atoms in total. The van der Waals surface area contributed by atoms with E-state index in [0.717, 1.165) is 16.5 Å². The third-order valence-electron chi connectivity index (χ3n) is 3.06. The average Bonchev–Trinajstić information content (AvgIpc) is 2.87. The maximum absolute atomic E-state index is 11.6. The van der Waals surface area contributed by atoms with Crippen molar-refractivity contribution < 1.29 is 19.4 Å². The number of alkyl carbamates (subject to hydrolysis) is 1. The summed E-state index contributed by atoms with van der Waals surface area (Å²) in [7, 11) is 0. The number of carbonyl (C=O) groups excluding carboxylic acids is 1. The van der Waals surface area contributed by atoms with Gasteiger partial charge in [0.05, 0.1) is 0 Å². The fraction of sp³-hybridized carbons (Fsp3) is 0.286. The van der Waals surface area contributed by atoms with Crippen molar-refractivity contribution in [2.75, 3.05) is 6.61 Å². The number of rotatable bonds is 5. The van der Waals surface area contributed by atoms with E-state index in [1.54, 1.807) is 6.20 Å². The van der Waals surface area contributed by atoms with Crippen molar-refractivity contribution in [2.45, 2.75) is 16.3 Å². The highest BCUT2D eigenvalue weighted by Gasteiger charge is 2.26. The molecule has 1 amide bonds.